The summed E-state index contributed by atoms with van der Waals surface area (Å²) in [6.45, 7) is 3.48. The van der Waals surface area contributed by atoms with Crippen molar-refractivity contribution < 1.29 is 29.4 Å². The molecule has 1 rings (SSSR count). The number of rotatable bonds is 12. The summed E-state index contributed by atoms with van der Waals surface area (Å²) in [6.07, 6.45) is 6.48. The molecule has 0 aromatic rings. The predicted octanol–water partition coefficient (Wildman–Crippen LogP) is 1.52. The fourth-order valence-electron chi connectivity index (χ4n) is 3.16. The maximum Gasteiger partial charge on any atom is 0.328 e. The SMILES string of the molecule is CCCCCCCC[C@H](N[C@@H](C)C(=O)N1C(=O)N(C)C[C@H]1C(=O)O)C(=O)O. The van der Waals surface area contributed by atoms with Gasteiger partial charge in [0.1, 0.15) is 6.04 Å². The second kappa shape index (κ2) is 10.9. The zero-order valence-corrected chi connectivity index (χ0v) is 16.3. The van der Waals surface area contributed by atoms with Crippen molar-refractivity contribution >= 4 is 23.9 Å². The van der Waals surface area contributed by atoms with Crippen LogP contribution in [0.4, 0.5) is 4.79 Å². The first-order chi connectivity index (χ1) is 12.7. The third-order valence-electron chi connectivity index (χ3n) is 4.78. The van der Waals surface area contributed by atoms with Crippen LogP contribution in [0.15, 0.2) is 0 Å². The molecule has 1 fully saturated rings. The molecule has 154 valence electrons. The van der Waals surface area contributed by atoms with E-state index in [4.69, 9.17) is 0 Å². The molecule has 0 aromatic heterocycles. The number of nitrogens with one attached hydrogen (secondary N) is 1. The number of carboxylic acids is 2. The van der Waals surface area contributed by atoms with Crippen LogP contribution in [0.2, 0.25) is 0 Å². The van der Waals surface area contributed by atoms with Crippen molar-refractivity contribution in [2.24, 2.45) is 0 Å². The zero-order chi connectivity index (χ0) is 20.6. The highest BCUT2D eigenvalue weighted by Crippen LogP contribution is 2.17. The average molecular weight is 385 g/mol. The van der Waals surface area contributed by atoms with Gasteiger partial charge in [-0.15, -0.1) is 0 Å². The molecule has 3 atom stereocenters. The van der Waals surface area contributed by atoms with E-state index in [2.05, 4.69) is 12.2 Å². The number of carbonyl (C=O) groups excluding carboxylic acids is 2. The van der Waals surface area contributed by atoms with Crippen molar-refractivity contribution in [1.82, 2.24) is 15.1 Å². The number of hydrogen-bond donors (Lipinski definition) is 3. The average Bonchev–Trinajstić information content (AvgIpc) is 2.91. The number of amides is 3. The molecule has 0 bridgehead atoms. The van der Waals surface area contributed by atoms with Crippen molar-refractivity contribution in [2.75, 3.05) is 13.6 Å². The van der Waals surface area contributed by atoms with Gasteiger partial charge in [-0.05, 0) is 13.3 Å². The number of aliphatic carboxylic acids is 2. The topological polar surface area (TPSA) is 127 Å². The van der Waals surface area contributed by atoms with Gasteiger partial charge < -0.3 is 15.1 Å². The highest BCUT2D eigenvalue weighted by Gasteiger charge is 2.45. The number of carbonyl (C=O) groups is 4. The summed E-state index contributed by atoms with van der Waals surface area (Å²) < 4.78 is 0. The molecular formula is C18H31N3O6. The first kappa shape index (κ1) is 22.9. The Morgan fingerprint density at radius 2 is 1.74 bits per heavy atom. The number of hydrogen-bond acceptors (Lipinski definition) is 5. The summed E-state index contributed by atoms with van der Waals surface area (Å²) in [5.41, 5.74) is 0. The molecule has 9 nitrogen and oxygen atoms in total. The molecule has 3 amide bonds. The van der Waals surface area contributed by atoms with Crippen LogP contribution in [0, 0.1) is 0 Å². The minimum atomic E-state index is -1.27. The van der Waals surface area contributed by atoms with E-state index < -0.39 is 42.0 Å². The lowest BCUT2D eigenvalue weighted by Gasteiger charge is -2.25. The van der Waals surface area contributed by atoms with Gasteiger partial charge in [-0.1, -0.05) is 45.4 Å². The van der Waals surface area contributed by atoms with Crippen LogP contribution >= 0.6 is 0 Å². The molecule has 0 spiro atoms. The minimum absolute atomic E-state index is 0.0905. The third kappa shape index (κ3) is 6.50. The Bertz CT molecular complexity index is 553. The molecular weight excluding hydrogens is 354 g/mol. The lowest BCUT2D eigenvalue weighted by molar-refractivity contribution is -0.147. The van der Waals surface area contributed by atoms with Crippen LogP contribution in [0.5, 0.6) is 0 Å². The molecule has 1 heterocycles. The van der Waals surface area contributed by atoms with Gasteiger partial charge in [0.05, 0.1) is 12.6 Å². The van der Waals surface area contributed by atoms with E-state index in [0.29, 0.717) is 11.3 Å². The van der Waals surface area contributed by atoms with Crippen molar-refractivity contribution in [3.05, 3.63) is 0 Å². The van der Waals surface area contributed by atoms with Crippen molar-refractivity contribution in [3.63, 3.8) is 0 Å². The van der Waals surface area contributed by atoms with Gasteiger partial charge in [0.25, 0.3) is 0 Å². The summed E-state index contributed by atoms with van der Waals surface area (Å²) in [4.78, 5) is 49.3. The molecule has 1 aliphatic heterocycles. The third-order valence-corrected chi connectivity index (χ3v) is 4.78. The Kier molecular flexibility index (Phi) is 9.20. The van der Waals surface area contributed by atoms with E-state index in [1.54, 1.807) is 0 Å². The molecule has 27 heavy (non-hydrogen) atoms. The second-order valence-corrected chi connectivity index (χ2v) is 7.06. The normalized spacial score (nSPS) is 19.2. The van der Waals surface area contributed by atoms with Crippen LogP contribution in [-0.4, -0.2) is 75.6 Å². The summed E-state index contributed by atoms with van der Waals surface area (Å²) in [7, 11) is 1.42. The van der Waals surface area contributed by atoms with E-state index in [1.165, 1.54) is 14.0 Å². The molecule has 1 aliphatic rings. The highest BCUT2D eigenvalue weighted by atomic mass is 16.4. The zero-order valence-electron chi connectivity index (χ0n) is 16.3. The first-order valence-corrected chi connectivity index (χ1v) is 9.50. The van der Waals surface area contributed by atoms with Crippen LogP contribution in [0.25, 0.3) is 0 Å². The van der Waals surface area contributed by atoms with Gasteiger partial charge in [0.15, 0.2) is 6.04 Å². The predicted molar refractivity (Wildman–Crippen MR) is 98.3 cm³/mol. The fraction of sp³-hybridized carbons (Fsp3) is 0.778. The van der Waals surface area contributed by atoms with Crippen LogP contribution in [-0.2, 0) is 14.4 Å². The number of urea groups is 1. The Hall–Kier alpha value is -2.16. The number of imide groups is 1. The summed E-state index contributed by atoms with van der Waals surface area (Å²) in [5, 5.41) is 21.4. The Labute approximate surface area is 159 Å². The highest BCUT2D eigenvalue weighted by molar-refractivity contribution is 6.02. The summed E-state index contributed by atoms with van der Waals surface area (Å²) in [5.74, 6) is -3.07. The number of nitrogens with zero attached hydrogens (tertiary/aromatic N) is 2. The largest absolute Gasteiger partial charge is 0.480 e. The lowest BCUT2D eigenvalue weighted by atomic mass is 10.0. The lowest BCUT2D eigenvalue weighted by Crippen LogP contribution is -2.54. The van der Waals surface area contributed by atoms with E-state index in [9.17, 15) is 29.4 Å². The maximum atomic E-state index is 12.6. The van der Waals surface area contributed by atoms with Crippen molar-refractivity contribution in [3.8, 4) is 0 Å². The quantitative estimate of drug-likeness (QED) is 0.435. The van der Waals surface area contributed by atoms with E-state index in [0.717, 1.165) is 43.4 Å². The van der Waals surface area contributed by atoms with Crippen LogP contribution < -0.4 is 5.32 Å². The molecule has 0 unspecified atom stereocenters. The molecule has 0 aromatic carbocycles. The second-order valence-electron chi connectivity index (χ2n) is 7.06. The van der Waals surface area contributed by atoms with Gasteiger partial charge in [-0.2, -0.15) is 0 Å². The van der Waals surface area contributed by atoms with Gasteiger partial charge in [0, 0.05) is 7.05 Å². The molecule has 1 saturated heterocycles. The monoisotopic (exact) mass is 385 g/mol. The summed E-state index contributed by atoms with van der Waals surface area (Å²) in [6, 6.07) is -3.86. The molecule has 9 heteroatoms. The van der Waals surface area contributed by atoms with Crippen LogP contribution in [0.1, 0.15) is 58.8 Å². The van der Waals surface area contributed by atoms with Gasteiger partial charge in [-0.3, -0.25) is 14.9 Å². The molecule has 0 saturated carbocycles. The Balaban J connectivity index is 2.62. The van der Waals surface area contributed by atoms with Crippen molar-refractivity contribution in [2.45, 2.75) is 76.9 Å². The summed E-state index contributed by atoms with van der Waals surface area (Å²) >= 11 is 0. The standard InChI is InChI=1S/C18H31N3O6/c1-4-5-6-7-8-9-10-13(16(23)24)19-12(2)15(22)21-14(17(25)26)11-20(3)18(21)27/h12-14,19H,4-11H2,1-3H3,(H,23,24)(H,25,26)/t12-,13-,14-/m0/s1. The van der Waals surface area contributed by atoms with Crippen LogP contribution in [0.3, 0.4) is 0 Å². The number of likely N-dealkylation sites (N-methyl/N-ethyl adjacent to an activating group) is 1. The fourth-order valence-corrected chi connectivity index (χ4v) is 3.16. The van der Waals surface area contributed by atoms with Gasteiger partial charge >= 0.3 is 18.0 Å². The maximum absolute atomic E-state index is 12.6. The van der Waals surface area contributed by atoms with E-state index >= 15 is 0 Å². The Morgan fingerprint density at radius 1 is 1.15 bits per heavy atom. The van der Waals surface area contributed by atoms with Gasteiger partial charge in [0.2, 0.25) is 5.91 Å². The number of carboxylic acid groups (broad SMARTS) is 2. The van der Waals surface area contributed by atoms with Crippen molar-refractivity contribution in [1.29, 1.82) is 0 Å². The van der Waals surface area contributed by atoms with Gasteiger partial charge in [-0.25, -0.2) is 14.5 Å². The Morgan fingerprint density at radius 3 is 2.30 bits per heavy atom. The van der Waals surface area contributed by atoms with E-state index in [1.807, 2.05) is 0 Å². The molecule has 0 radical (unpaired) electrons. The minimum Gasteiger partial charge on any atom is -0.480 e. The van der Waals surface area contributed by atoms with E-state index in [-0.39, 0.29) is 6.54 Å². The molecule has 3 N–H and O–H groups in total. The molecule has 0 aliphatic carbocycles. The smallest absolute Gasteiger partial charge is 0.328 e. The first-order valence-electron chi connectivity index (χ1n) is 9.50. The number of unbranched alkanes of at least 4 members (excludes halogenated alkanes) is 5.